The van der Waals surface area contributed by atoms with Crippen molar-refractivity contribution in [1.82, 2.24) is 0 Å². The number of anilines is 2. The Balaban J connectivity index is 1.60. The zero-order valence-electron chi connectivity index (χ0n) is 15.9. The van der Waals surface area contributed by atoms with Gasteiger partial charge in [-0.25, -0.2) is 18.7 Å². The molecule has 0 aliphatic carbocycles. The summed E-state index contributed by atoms with van der Waals surface area (Å²) in [6.45, 7) is 0. The lowest BCUT2D eigenvalue weighted by Gasteiger charge is -2.29. The van der Waals surface area contributed by atoms with E-state index >= 15 is 0 Å². The second kappa shape index (κ2) is 7.55. The monoisotopic (exact) mass is 484 g/mol. The van der Waals surface area contributed by atoms with Crippen LogP contribution in [0.2, 0.25) is 0 Å². The number of fused-ring (bicyclic) bond motifs is 1. The van der Waals surface area contributed by atoms with Gasteiger partial charge in [0.1, 0.15) is 17.6 Å². The molecule has 0 N–H and O–H groups in total. The molecule has 2 heterocycles. The number of hydrogen-bond donors (Lipinski definition) is 0. The number of nitrogens with zero attached hydrogens (tertiary/aromatic N) is 2. The number of para-hydroxylation sites is 1. The molecule has 0 radical (unpaired) electrons. The molecule has 3 atom stereocenters. The van der Waals surface area contributed by atoms with Gasteiger partial charge in [0.15, 0.2) is 6.10 Å². The van der Waals surface area contributed by atoms with E-state index in [0.717, 1.165) is 4.90 Å². The van der Waals surface area contributed by atoms with Gasteiger partial charge in [-0.2, -0.15) is 0 Å². The molecular formula is C23H15BrF2N2O3. The van der Waals surface area contributed by atoms with Gasteiger partial charge in [-0.3, -0.25) is 14.4 Å². The number of hydrogen-bond acceptors (Lipinski definition) is 4. The maximum absolute atomic E-state index is 13.9. The van der Waals surface area contributed by atoms with Crippen LogP contribution in [-0.4, -0.2) is 17.9 Å². The third-order valence-corrected chi connectivity index (χ3v) is 6.10. The van der Waals surface area contributed by atoms with Crippen LogP contribution in [0.5, 0.6) is 0 Å². The molecule has 0 unspecified atom stereocenters. The van der Waals surface area contributed by atoms with Crippen LogP contribution in [0.3, 0.4) is 0 Å². The van der Waals surface area contributed by atoms with Crippen LogP contribution in [0, 0.1) is 17.6 Å². The van der Waals surface area contributed by atoms with Crippen LogP contribution in [0.4, 0.5) is 20.2 Å². The SMILES string of the molecule is O=C1[C@@H]2[C@@H](c3ccc(F)c(Br)c3)N(c3ccccc3)O[C@H]2C(=O)N1c1ccc(F)cc1. The van der Waals surface area contributed by atoms with E-state index in [9.17, 15) is 18.4 Å². The predicted molar refractivity (Wildman–Crippen MR) is 113 cm³/mol. The standard InChI is InChI=1S/C23H15BrF2N2O3/c24-17-12-13(6-11-18(17)26)20-19-21(31-28(20)16-4-2-1-3-5-16)23(30)27(22(19)29)15-9-7-14(25)8-10-15/h1-12,19-21H/t19-,20-,21-/m1/s1. The number of halogens is 3. The van der Waals surface area contributed by atoms with Crippen molar-refractivity contribution in [1.29, 1.82) is 0 Å². The number of hydroxylamine groups is 1. The molecule has 2 fully saturated rings. The first-order valence-corrected chi connectivity index (χ1v) is 10.3. The summed E-state index contributed by atoms with van der Waals surface area (Å²) < 4.78 is 27.5. The highest BCUT2D eigenvalue weighted by Crippen LogP contribution is 2.47. The van der Waals surface area contributed by atoms with E-state index in [2.05, 4.69) is 15.9 Å². The van der Waals surface area contributed by atoms with Crippen LogP contribution in [0.25, 0.3) is 0 Å². The van der Waals surface area contributed by atoms with Crippen molar-refractivity contribution in [3.63, 3.8) is 0 Å². The molecule has 2 saturated heterocycles. The third-order valence-electron chi connectivity index (χ3n) is 5.50. The summed E-state index contributed by atoms with van der Waals surface area (Å²) in [5.74, 6) is -2.73. The smallest absolute Gasteiger partial charge is 0.266 e. The summed E-state index contributed by atoms with van der Waals surface area (Å²) in [6.07, 6.45) is -1.05. The van der Waals surface area contributed by atoms with Crippen LogP contribution < -0.4 is 9.96 Å². The lowest BCUT2D eigenvalue weighted by molar-refractivity contribution is -0.126. The summed E-state index contributed by atoms with van der Waals surface area (Å²) in [5.41, 5.74) is 1.56. The molecule has 3 aromatic carbocycles. The number of amides is 2. The lowest BCUT2D eigenvalue weighted by Crippen LogP contribution is -2.37. The highest BCUT2D eigenvalue weighted by molar-refractivity contribution is 9.10. The normalized spacial score (nSPS) is 22.9. The second-order valence-electron chi connectivity index (χ2n) is 7.32. The molecule has 5 rings (SSSR count). The van der Waals surface area contributed by atoms with E-state index in [1.165, 1.54) is 35.4 Å². The van der Waals surface area contributed by atoms with Gasteiger partial charge >= 0.3 is 0 Å². The van der Waals surface area contributed by atoms with Gasteiger partial charge in [-0.05, 0) is 70.0 Å². The number of carbonyl (C=O) groups is 2. The highest BCUT2D eigenvalue weighted by Gasteiger charge is 2.60. The highest BCUT2D eigenvalue weighted by atomic mass is 79.9. The summed E-state index contributed by atoms with van der Waals surface area (Å²) in [4.78, 5) is 33.6. The molecule has 8 heteroatoms. The van der Waals surface area contributed by atoms with E-state index in [0.29, 0.717) is 11.3 Å². The molecular weight excluding hydrogens is 470 g/mol. The Kier molecular flexibility index (Phi) is 4.83. The van der Waals surface area contributed by atoms with Crippen molar-refractivity contribution in [2.24, 2.45) is 5.92 Å². The minimum Gasteiger partial charge on any atom is -0.273 e. The molecule has 0 spiro atoms. The summed E-state index contributed by atoms with van der Waals surface area (Å²) in [5, 5.41) is 1.53. The fourth-order valence-electron chi connectivity index (χ4n) is 4.09. The van der Waals surface area contributed by atoms with Crippen molar-refractivity contribution in [2.45, 2.75) is 12.1 Å². The molecule has 2 aliphatic rings. The molecule has 0 bridgehead atoms. The minimum atomic E-state index is -1.05. The Morgan fingerprint density at radius 1 is 0.839 bits per heavy atom. The quantitative estimate of drug-likeness (QED) is 0.502. The number of benzene rings is 3. The summed E-state index contributed by atoms with van der Waals surface area (Å²) in [6, 6.07) is 18.0. The fraction of sp³-hybridized carbons (Fsp3) is 0.130. The van der Waals surface area contributed by atoms with Crippen molar-refractivity contribution < 1.29 is 23.2 Å². The summed E-state index contributed by atoms with van der Waals surface area (Å²) >= 11 is 3.19. The average molecular weight is 485 g/mol. The Hall–Kier alpha value is -3.10. The van der Waals surface area contributed by atoms with Crippen molar-refractivity contribution in [3.8, 4) is 0 Å². The molecule has 0 aromatic heterocycles. The Bertz CT molecular complexity index is 1170. The van der Waals surface area contributed by atoms with Crippen molar-refractivity contribution in [3.05, 3.63) is 94.5 Å². The molecule has 5 nitrogen and oxygen atoms in total. The lowest BCUT2D eigenvalue weighted by atomic mass is 9.90. The topological polar surface area (TPSA) is 49.9 Å². The predicted octanol–water partition coefficient (Wildman–Crippen LogP) is 4.78. The van der Waals surface area contributed by atoms with Crippen LogP contribution in [0.15, 0.2) is 77.3 Å². The van der Waals surface area contributed by atoms with Gasteiger partial charge in [0.2, 0.25) is 5.91 Å². The van der Waals surface area contributed by atoms with Gasteiger partial charge in [-0.1, -0.05) is 24.3 Å². The molecule has 156 valence electrons. The molecule has 2 amide bonds. The van der Waals surface area contributed by atoms with Crippen molar-refractivity contribution >= 4 is 39.1 Å². The Morgan fingerprint density at radius 2 is 1.55 bits per heavy atom. The molecule has 2 aliphatic heterocycles. The number of rotatable bonds is 3. The maximum atomic E-state index is 13.9. The van der Waals surface area contributed by atoms with Gasteiger partial charge < -0.3 is 0 Å². The Morgan fingerprint density at radius 3 is 2.23 bits per heavy atom. The molecule has 3 aromatic rings. The van der Waals surface area contributed by atoms with Crippen LogP contribution in [0.1, 0.15) is 11.6 Å². The van der Waals surface area contributed by atoms with Gasteiger partial charge in [0, 0.05) is 0 Å². The largest absolute Gasteiger partial charge is 0.273 e. The first-order valence-electron chi connectivity index (χ1n) is 9.55. The number of imide groups is 1. The Labute approximate surface area is 184 Å². The zero-order valence-corrected chi connectivity index (χ0v) is 17.5. The average Bonchev–Trinajstić information content (AvgIpc) is 3.28. The molecule has 31 heavy (non-hydrogen) atoms. The van der Waals surface area contributed by atoms with E-state index in [-0.39, 0.29) is 10.2 Å². The maximum Gasteiger partial charge on any atom is 0.266 e. The first kappa shape index (κ1) is 19.8. The van der Waals surface area contributed by atoms with E-state index in [1.807, 2.05) is 18.2 Å². The molecule has 0 saturated carbocycles. The third kappa shape index (κ3) is 3.23. The van der Waals surface area contributed by atoms with Crippen molar-refractivity contribution in [2.75, 3.05) is 9.96 Å². The van der Waals surface area contributed by atoms with Crippen LogP contribution in [-0.2, 0) is 14.4 Å². The van der Waals surface area contributed by atoms with Gasteiger partial charge in [-0.15, -0.1) is 0 Å². The van der Waals surface area contributed by atoms with E-state index < -0.39 is 41.5 Å². The van der Waals surface area contributed by atoms with Gasteiger partial charge in [0.25, 0.3) is 5.91 Å². The van der Waals surface area contributed by atoms with Crippen LogP contribution >= 0.6 is 15.9 Å². The first-order chi connectivity index (χ1) is 15.0. The fourth-order valence-corrected chi connectivity index (χ4v) is 4.49. The number of carbonyl (C=O) groups excluding carboxylic acids is 2. The second-order valence-corrected chi connectivity index (χ2v) is 8.17. The van der Waals surface area contributed by atoms with E-state index in [1.54, 1.807) is 24.3 Å². The van der Waals surface area contributed by atoms with E-state index in [4.69, 9.17) is 4.84 Å². The van der Waals surface area contributed by atoms with Gasteiger partial charge in [0.05, 0.1) is 21.9 Å². The minimum absolute atomic E-state index is 0.244. The zero-order chi connectivity index (χ0) is 21.7. The summed E-state index contributed by atoms with van der Waals surface area (Å²) in [7, 11) is 0.